The average molecular weight is 452 g/mol. The minimum absolute atomic E-state index is 0.0217. The highest BCUT2D eigenvalue weighted by molar-refractivity contribution is 7.18. The molecule has 3 heterocycles. The number of rotatable bonds is 5. The molecule has 0 amide bonds. The smallest absolute Gasteiger partial charge is 0.268 e. The summed E-state index contributed by atoms with van der Waals surface area (Å²) < 4.78 is 1.68. The molecule has 1 atom stereocenters. The summed E-state index contributed by atoms with van der Waals surface area (Å²) in [5.74, 6) is 0.565. The lowest BCUT2D eigenvalue weighted by Crippen LogP contribution is -3.08. The van der Waals surface area contributed by atoms with Crippen LogP contribution in [0.25, 0.3) is 15.9 Å². The fourth-order valence-electron chi connectivity index (χ4n) is 4.20. The normalized spacial score (nSPS) is 15.7. The molecule has 0 saturated carbocycles. The maximum Gasteiger partial charge on any atom is 0.268 e. The van der Waals surface area contributed by atoms with Gasteiger partial charge in [-0.05, 0) is 35.7 Å². The lowest BCUT2D eigenvalue weighted by atomic mass is 10.1. The van der Waals surface area contributed by atoms with Crippen LogP contribution in [0, 0.1) is 0 Å². The standard InChI is InChI=1S/C24H23ClN4OS/c1-28-13-11-19-20(15-28)31-22-21(19)23(30)29(18-9-5-8-17(25)14-18)24(27-22)26-12-10-16-6-3-2-4-7-16/h2-9,14H,10-13,15H2,1H3,(H,26,27)/p+1. The summed E-state index contributed by atoms with van der Waals surface area (Å²) in [5.41, 5.74) is 3.12. The second-order valence-electron chi connectivity index (χ2n) is 8.04. The summed E-state index contributed by atoms with van der Waals surface area (Å²) in [4.78, 5) is 22.2. The van der Waals surface area contributed by atoms with E-state index in [-0.39, 0.29) is 5.56 Å². The highest BCUT2D eigenvalue weighted by atomic mass is 35.5. The predicted molar refractivity (Wildman–Crippen MR) is 128 cm³/mol. The molecule has 0 saturated heterocycles. The van der Waals surface area contributed by atoms with Gasteiger partial charge in [-0.15, -0.1) is 11.3 Å². The van der Waals surface area contributed by atoms with Crippen molar-refractivity contribution in [3.63, 3.8) is 0 Å². The molecule has 7 heteroatoms. The van der Waals surface area contributed by atoms with Gasteiger partial charge in [0.1, 0.15) is 11.4 Å². The fourth-order valence-corrected chi connectivity index (χ4v) is 5.70. The first-order chi connectivity index (χ1) is 15.1. The Morgan fingerprint density at radius 3 is 2.84 bits per heavy atom. The number of benzene rings is 2. The number of nitrogens with one attached hydrogen (secondary N) is 2. The Kier molecular flexibility index (Phi) is 5.52. The predicted octanol–water partition coefficient (Wildman–Crippen LogP) is 3.33. The van der Waals surface area contributed by atoms with E-state index < -0.39 is 0 Å². The number of quaternary nitrogens is 1. The van der Waals surface area contributed by atoms with Gasteiger partial charge >= 0.3 is 0 Å². The van der Waals surface area contributed by atoms with E-state index >= 15 is 0 Å². The molecule has 5 nitrogen and oxygen atoms in total. The van der Waals surface area contributed by atoms with Gasteiger partial charge in [0, 0.05) is 18.0 Å². The molecular weight excluding hydrogens is 428 g/mol. The Bertz CT molecular complexity index is 1300. The minimum atomic E-state index is -0.0217. The van der Waals surface area contributed by atoms with E-state index in [0.29, 0.717) is 17.5 Å². The minimum Gasteiger partial charge on any atom is -0.355 e. The third-order valence-electron chi connectivity index (χ3n) is 5.78. The fraction of sp³-hybridized carbons (Fsp3) is 0.250. The number of hydrogen-bond acceptors (Lipinski definition) is 4. The number of nitrogens with zero attached hydrogens (tertiary/aromatic N) is 2. The van der Waals surface area contributed by atoms with Gasteiger partial charge in [0.2, 0.25) is 5.95 Å². The maximum atomic E-state index is 13.7. The van der Waals surface area contributed by atoms with Crippen LogP contribution in [-0.4, -0.2) is 29.7 Å². The van der Waals surface area contributed by atoms with Crippen LogP contribution in [0.4, 0.5) is 5.95 Å². The first-order valence-corrected chi connectivity index (χ1v) is 11.7. The molecule has 158 valence electrons. The van der Waals surface area contributed by atoms with Gasteiger partial charge in [0.15, 0.2) is 0 Å². The number of halogens is 1. The Balaban J connectivity index is 1.60. The molecule has 2 N–H and O–H groups in total. The van der Waals surface area contributed by atoms with Crippen LogP contribution in [0.15, 0.2) is 59.4 Å². The molecule has 1 unspecified atom stereocenters. The summed E-state index contributed by atoms with van der Waals surface area (Å²) in [7, 11) is 2.20. The Morgan fingerprint density at radius 2 is 2.03 bits per heavy atom. The number of aromatic nitrogens is 2. The molecule has 1 aliphatic rings. The number of thiophene rings is 1. The molecule has 0 spiro atoms. The molecule has 0 fully saturated rings. The van der Waals surface area contributed by atoms with Gasteiger partial charge in [0.05, 0.1) is 29.5 Å². The molecule has 0 bridgehead atoms. The zero-order valence-electron chi connectivity index (χ0n) is 17.3. The highest BCUT2D eigenvalue weighted by Gasteiger charge is 2.26. The van der Waals surface area contributed by atoms with Gasteiger partial charge in [-0.3, -0.25) is 4.79 Å². The van der Waals surface area contributed by atoms with Crippen molar-refractivity contribution >= 4 is 39.1 Å². The van der Waals surface area contributed by atoms with Crippen molar-refractivity contribution in [3.05, 3.63) is 86.0 Å². The molecule has 2 aromatic carbocycles. The maximum absolute atomic E-state index is 13.7. The zero-order chi connectivity index (χ0) is 21.4. The summed E-state index contributed by atoms with van der Waals surface area (Å²) in [6.45, 7) is 2.66. The molecule has 0 aliphatic carbocycles. The molecule has 2 aromatic heterocycles. The van der Waals surface area contributed by atoms with E-state index in [4.69, 9.17) is 16.6 Å². The number of likely N-dealkylation sites (N-methyl/N-ethyl adjacent to an activating group) is 1. The molecular formula is C24H24ClN4OS+. The van der Waals surface area contributed by atoms with E-state index in [1.165, 1.54) is 20.9 Å². The van der Waals surface area contributed by atoms with Crippen molar-refractivity contribution in [3.8, 4) is 5.69 Å². The summed E-state index contributed by atoms with van der Waals surface area (Å²) >= 11 is 7.91. The van der Waals surface area contributed by atoms with Crippen molar-refractivity contribution in [1.29, 1.82) is 0 Å². The number of anilines is 1. The van der Waals surface area contributed by atoms with Crippen LogP contribution < -0.4 is 15.8 Å². The first kappa shape index (κ1) is 20.2. The van der Waals surface area contributed by atoms with Crippen molar-refractivity contribution in [2.24, 2.45) is 0 Å². The van der Waals surface area contributed by atoms with E-state index in [2.05, 4.69) is 24.5 Å². The average Bonchev–Trinajstić information content (AvgIpc) is 3.12. The summed E-state index contributed by atoms with van der Waals surface area (Å²) in [5, 5.41) is 4.77. The van der Waals surface area contributed by atoms with Gasteiger partial charge in [-0.2, -0.15) is 0 Å². The molecule has 0 radical (unpaired) electrons. The van der Waals surface area contributed by atoms with Crippen LogP contribution in [0.5, 0.6) is 0 Å². The Morgan fingerprint density at radius 1 is 1.19 bits per heavy atom. The second-order valence-corrected chi connectivity index (χ2v) is 9.56. The van der Waals surface area contributed by atoms with Crippen LogP contribution in [-0.2, 0) is 19.4 Å². The number of fused-ring (bicyclic) bond motifs is 3. The first-order valence-electron chi connectivity index (χ1n) is 10.5. The van der Waals surface area contributed by atoms with E-state index in [1.54, 1.807) is 15.9 Å². The highest BCUT2D eigenvalue weighted by Crippen LogP contribution is 2.31. The molecule has 4 aromatic rings. The largest absolute Gasteiger partial charge is 0.355 e. The van der Waals surface area contributed by atoms with E-state index in [0.717, 1.165) is 41.8 Å². The Labute approximate surface area is 189 Å². The van der Waals surface area contributed by atoms with Crippen molar-refractivity contribution in [2.45, 2.75) is 19.4 Å². The van der Waals surface area contributed by atoms with Gasteiger partial charge in [0.25, 0.3) is 5.56 Å². The zero-order valence-corrected chi connectivity index (χ0v) is 18.9. The van der Waals surface area contributed by atoms with Crippen LogP contribution in [0.2, 0.25) is 5.02 Å². The van der Waals surface area contributed by atoms with Crippen molar-refractivity contribution in [1.82, 2.24) is 9.55 Å². The van der Waals surface area contributed by atoms with Crippen LogP contribution >= 0.6 is 22.9 Å². The summed E-state index contributed by atoms with van der Waals surface area (Å²) in [6, 6.07) is 17.7. The second kappa shape index (κ2) is 8.46. The topological polar surface area (TPSA) is 51.4 Å². The summed E-state index contributed by atoms with van der Waals surface area (Å²) in [6.07, 6.45) is 1.76. The lowest BCUT2D eigenvalue weighted by molar-refractivity contribution is -0.895. The molecule has 5 rings (SSSR count). The monoisotopic (exact) mass is 451 g/mol. The Hall–Kier alpha value is -2.67. The molecule has 31 heavy (non-hydrogen) atoms. The van der Waals surface area contributed by atoms with Crippen molar-refractivity contribution < 1.29 is 4.90 Å². The number of hydrogen-bond donors (Lipinski definition) is 2. The van der Waals surface area contributed by atoms with Crippen LogP contribution in [0.3, 0.4) is 0 Å². The van der Waals surface area contributed by atoms with Crippen LogP contribution in [0.1, 0.15) is 16.0 Å². The van der Waals surface area contributed by atoms with Gasteiger partial charge in [-0.1, -0.05) is 48.0 Å². The van der Waals surface area contributed by atoms with Gasteiger partial charge < -0.3 is 10.2 Å². The quantitative estimate of drug-likeness (QED) is 0.489. The van der Waals surface area contributed by atoms with E-state index in [1.807, 2.05) is 42.5 Å². The third kappa shape index (κ3) is 3.99. The third-order valence-corrected chi connectivity index (χ3v) is 7.14. The van der Waals surface area contributed by atoms with Crippen molar-refractivity contribution in [2.75, 3.05) is 25.5 Å². The van der Waals surface area contributed by atoms with E-state index in [9.17, 15) is 4.79 Å². The SMILES string of the molecule is C[NH+]1CCc2c(sc3nc(NCCc4ccccc4)n(-c4cccc(Cl)c4)c(=O)c23)C1. The lowest BCUT2D eigenvalue weighted by Gasteiger charge is -2.19. The molecule has 1 aliphatic heterocycles. The van der Waals surface area contributed by atoms with Gasteiger partial charge in [-0.25, -0.2) is 9.55 Å².